The largest absolute Gasteiger partial charge is 0.379 e. The molecule has 1 atom stereocenters. The molecule has 1 saturated heterocycles. The molecule has 0 aromatic carbocycles. The van der Waals surface area contributed by atoms with Crippen LogP contribution in [0, 0.1) is 6.92 Å². The van der Waals surface area contributed by atoms with Gasteiger partial charge >= 0.3 is 0 Å². The molecule has 0 bridgehead atoms. The van der Waals surface area contributed by atoms with Crippen molar-refractivity contribution in [1.82, 2.24) is 15.4 Å². The number of aromatic nitrogens is 1. The Hall–Kier alpha value is -1.40. The molecule has 6 nitrogen and oxygen atoms in total. The normalized spacial score (nSPS) is 18.9. The maximum absolute atomic E-state index is 12.6. The van der Waals surface area contributed by atoms with Gasteiger partial charge in [0.1, 0.15) is 5.56 Å². The number of rotatable bonds is 6. The van der Waals surface area contributed by atoms with Crippen LogP contribution in [0.15, 0.2) is 4.52 Å². The number of morpholine rings is 1. The van der Waals surface area contributed by atoms with Crippen LogP contribution in [0.3, 0.4) is 0 Å². The van der Waals surface area contributed by atoms with E-state index in [0.29, 0.717) is 23.6 Å². The Kier molecular flexibility index (Phi) is 5.81. The lowest BCUT2D eigenvalue weighted by atomic mass is 9.95. The summed E-state index contributed by atoms with van der Waals surface area (Å²) in [6.07, 6.45) is 0.965. The predicted molar refractivity (Wildman–Crippen MR) is 88.8 cm³/mol. The Morgan fingerprint density at radius 2 is 2.04 bits per heavy atom. The zero-order chi connectivity index (χ0) is 17.0. The zero-order valence-electron chi connectivity index (χ0n) is 14.9. The van der Waals surface area contributed by atoms with E-state index in [-0.39, 0.29) is 17.4 Å². The molecule has 23 heavy (non-hydrogen) atoms. The Bertz CT molecular complexity index is 535. The molecule has 130 valence electrons. The standard InChI is InChI=1S/C17H29N3O3/c1-6-17(5,20-7-9-22-10-8-20)11-18-16(21)14-13(4)19-23-15(14)12(2)3/h12H,6-11H2,1-5H3,(H,18,21). The van der Waals surface area contributed by atoms with Crippen LogP contribution in [-0.4, -0.2) is 54.4 Å². The number of nitrogens with one attached hydrogen (secondary N) is 1. The van der Waals surface area contributed by atoms with Gasteiger partial charge < -0.3 is 14.6 Å². The summed E-state index contributed by atoms with van der Waals surface area (Å²) in [4.78, 5) is 15.0. The molecule has 1 N–H and O–H groups in total. The van der Waals surface area contributed by atoms with E-state index in [1.165, 1.54) is 0 Å². The summed E-state index contributed by atoms with van der Waals surface area (Å²) in [7, 11) is 0. The number of nitrogens with zero attached hydrogens (tertiary/aromatic N) is 2. The summed E-state index contributed by atoms with van der Waals surface area (Å²) in [6, 6.07) is 0. The molecule has 1 unspecified atom stereocenters. The second-order valence-electron chi connectivity index (χ2n) is 6.79. The topological polar surface area (TPSA) is 67.6 Å². The Balaban J connectivity index is 2.06. The van der Waals surface area contributed by atoms with Crippen molar-refractivity contribution in [3.8, 4) is 0 Å². The smallest absolute Gasteiger partial charge is 0.256 e. The van der Waals surface area contributed by atoms with Crippen molar-refractivity contribution >= 4 is 5.91 Å². The summed E-state index contributed by atoms with van der Waals surface area (Å²) >= 11 is 0. The highest BCUT2D eigenvalue weighted by Crippen LogP contribution is 2.23. The van der Waals surface area contributed by atoms with Crippen LogP contribution >= 0.6 is 0 Å². The van der Waals surface area contributed by atoms with Gasteiger partial charge in [0.05, 0.1) is 18.9 Å². The predicted octanol–water partition coefficient (Wildman–Crippen LogP) is 2.34. The van der Waals surface area contributed by atoms with Gasteiger partial charge in [-0.05, 0) is 20.3 Å². The lowest BCUT2D eigenvalue weighted by Gasteiger charge is -2.43. The molecule has 0 spiro atoms. The number of ether oxygens (including phenoxy) is 1. The van der Waals surface area contributed by atoms with Gasteiger partial charge in [-0.15, -0.1) is 0 Å². The third kappa shape index (κ3) is 3.93. The van der Waals surface area contributed by atoms with Gasteiger partial charge in [-0.2, -0.15) is 0 Å². The highest BCUT2D eigenvalue weighted by molar-refractivity contribution is 5.96. The molecular formula is C17H29N3O3. The van der Waals surface area contributed by atoms with E-state index in [1.54, 1.807) is 0 Å². The van der Waals surface area contributed by atoms with Crippen LogP contribution in [0.25, 0.3) is 0 Å². The van der Waals surface area contributed by atoms with Crippen LogP contribution in [-0.2, 0) is 4.74 Å². The van der Waals surface area contributed by atoms with E-state index in [1.807, 2.05) is 20.8 Å². The number of hydrogen-bond acceptors (Lipinski definition) is 5. The minimum absolute atomic E-state index is 0.0670. The molecule has 1 aromatic rings. The van der Waals surface area contributed by atoms with E-state index in [0.717, 1.165) is 32.7 Å². The number of aryl methyl sites for hydroxylation is 1. The highest BCUT2D eigenvalue weighted by atomic mass is 16.5. The van der Waals surface area contributed by atoms with Gasteiger partial charge in [0.15, 0.2) is 5.76 Å². The number of amides is 1. The molecule has 1 fully saturated rings. The van der Waals surface area contributed by atoms with Crippen molar-refractivity contribution in [2.75, 3.05) is 32.8 Å². The van der Waals surface area contributed by atoms with E-state index in [2.05, 4.69) is 29.2 Å². The van der Waals surface area contributed by atoms with Gasteiger partial charge in [-0.25, -0.2) is 0 Å². The molecule has 1 aliphatic rings. The monoisotopic (exact) mass is 323 g/mol. The minimum Gasteiger partial charge on any atom is -0.379 e. The third-order valence-electron chi connectivity index (χ3n) is 4.81. The first-order valence-corrected chi connectivity index (χ1v) is 8.46. The second kappa shape index (κ2) is 7.45. The first-order chi connectivity index (χ1) is 10.9. The molecule has 1 aromatic heterocycles. The number of carbonyl (C=O) groups excluding carboxylic acids is 1. The highest BCUT2D eigenvalue weighted by Gasteiger charge is 2.32. The van der Waals surface area contributed by atoms with Gasteiger partial charge in [-0.3, -0.25) is 9.69 Å². The third-order valence-corrected chi connectivity index (χ3v) is 4.81. The Labute approximate surface area is 138 Å². The second-order valence-corrected chi connectivity index (χ2v) is 6.79. The average molecular weight is 323 g/mol. The fraction of sp³-hybridized carbons (Fsp3) is 0.765. The molecule has 0 saturated carbocycles. The SMILES string of the molecule is CCC(C)(CNC(=O)c1c(C)noc1C(C)C)N1CCOCC1. The quantitative estimate of drug-likeness (QED) is 0.870. The van der Waals surface area contributed by atoms with E-state index in [4.69, 9.17) is 9.26 Å². The molecule has 1 aliphatic heterocycles. The van der Waals surface area contributed by atoms with Crippen molar-refractivity contribution < 1.29 is 14.1 Å². The summed E-state index contributed by atoms with van der Waals surface area (Å²) in [6.45, 7) is 14.1. The van der Waals surface area contributed by atoms with Crippen LogP contribution in [0.2, 0.25) is 0 Å². The molecule has 6 heteroatoms. The van der Waals surface area contributed by atoms with Crippen LogP contribution in [0.5, 0.6) is 0 Å². The molecule has 0 aliphatic carbocycles. The minimum atomic E-state index is -0.0969. The van der Waals surface area contributed by atoms with Gasteiger partial charge in [-0.1, -0.05) is 25.9 Å². The summed E-state index contributed by atoms with van der Waals surface area (Å²) in [5.74, 6) is 0.693. The first kappa shape index (κ1) is 17.9. The van der Waals surface area contributed by atoms with Gasteiger partial charge in [0.2, 0.25) is 0 Å². The maximum atomic E-state index is 12.6. The molecule has 2 rings (SSSR count). The fourth-order valence-electron chi connectivity index (χ4n) is 2.98. The zero-order valence-corrected chi connectivity index (χ0v) is 14.9. The van der Waals surface area contributed by atoms with Gasteiger partial charge in [0.25, 0.3) is 5.91 Å². The van der Waals surface area contributed by atoms with E-state index >= 15 is 0 Å². The van der Waals surface area contributed by atoms with Crippen molar-refractivity contribution in [3.63, 3.8) is 0 Å². The Morgan fingerprint density at radius 1 is 1.39 bits per heavy atom. The molecule has 2 heterocycles. The lowest BCUT2D eigenvalue weighted by Crippen LogP contribution is -2.56. The molecule has 1 amide bonds. The maximum Gasteiger partial charge on any atom is 0.256 e. The lowest BCUT2D eigenvalue weighted by molar-refractivity contribution is -0.0169. The van der Waals surface area contributed by atoms with Crippen LogP contribution < -0.4 is 5.32 Å². The summed E-state index contributed by atoms with van der Waals surface area (Å²) < 4.78 is 10.7. The van der Waals surface area contributed by atoms with Crippen molar-refractivity contribution in [3.05, 3.63) is 17.0 Å². The molecular weight excluding hydrogens is 294 g/mol. The van der Waals surface area contributed by atoms with E-state index in [9.17, 15) is 4.79 Å². The first-order valence-electron chi connectivity index (χ1n) is 8.46. The van der Waals surface area contributed by atoms with Crippen molar-refractivity contribution in [1.29, 1.82) is 0 Å². The number of hydrogen-bond donors (Lipinski definition) is 1. The average Bonchev–Trinajstić information content (AvgIpc) is 2.95. The molecule has 0 radical (unpaired) electrons. The van der Waals surface area contributed by atoms with Crippen LogP contribution in [0.1, 0.15) is 61.8 Å². The Morgan fingerprint density at radius 3 is 2.61 bits per heavy atom. The number of carbonyl (C=O) groups is 1. The van der Waals surface area contributed by atoms with Gasteiger partial charge in [0, 0.05) is 31.1 Å². The summed E-state index contributed by atoms with van der Waals surface area (Å²) in [5.41, 5.74) is 1.17. The fourth-order valence-corrected chi connectivity index (χ4v) is 2.98. The van der Waals surface area contributed by atoms with Crippen LogP contribution in [0.4, 0.5) is 0 Å². The summed E-state index contributed by atoms with van der Waals surface area (Å²) in [5, 5.41) is 7.04. The van der Waals surface area contributed by atoms with E-state index < -0.39 is 0 Å². The van der Waals surface area contributed by atoms with Crippen molar-refractivity contribution in [2.45, 2.75) is 52.5 Å². The van der Waals surface area contributed by atoms with Crippen molar-refractivity contribution in [2.24, 2.45) is 0 Å².